The number of aliphatic hydroxyl groups is 1. The lowest BCUT2D eigenvalue weighted by Crippen LogP contribution is -1.98. The summed E-state index contributed by atoms with van der Waals surface area (Å²) in [6.45, 7) is 2.62. The van der Waals surface area contributed by atoms with E-state index in [4.69, 9.17) is 4.52 Å². The van der Waals surface area contributed by atoms with Crippen LogP contribution in [0.15, 0.2) is 41.1 Å². The van der Waals surface area contributed by atoms with E-state index in [2.05, 4.69) is 15.8 Å². The Balaban J connectivity index is 2.01. The van der Waals surface area contributed by atoms with Gasteiger partial charge in [-0.1, -0.05) is 17.3 Å². The molecule has 0 aliphatic carbocycles. The molecular weight excluding hydrogens is 228 g/mol. The van der Waals surface area contributed by atoms with Gasteiger partial charge in [-0.05, 0) is 30.0 Å². The first kappa shape index (κ1) is 11.0. The minimum absolute atomic E-state index is 0.0597. The molecule has 3 rings (SSSR count). The second-order valence-corrected chi connectivity index (χ2v) is 4.42. The van der Waals surface area contributed by atoms with Crippen LogP contribution in [-0.2, 0) is 13.2 Å². The van der Waals surface area contributed by atoms with Crippen LogP contribution in [-0.4, -0.2) is 14.8 Å². The molecule has 0 amide bonds. The van der Waals surface area contributed by atoms with Gasteiger partial charge in [0, 0.05) is 17.8 Å². The molecule has 0 fully saturated rings. The lowest BCUT2D eigenvalue weighted by atomic mass is 10.2. The van der Waals surface area contributed by atoms with Crippen molar-refractivity contribution in [2.45, 2.75) is 20.1 Å². The minimum atomic E-state index is 0.0597. The number of nitrogens with zero attached hydrogens (tertiary/aromatic N) is 2. The Bertz CT molecular complexity index is 682. The van der Waals surface area contributed by atoms with Crippen LogP contribution in [0.3, 0.4) is 0 Å². The Morgan fingerprint density at radius 3 is 2.89 bits per heavy atom. The zero-order chi connectivity index (χ0) is 12.5. The third-order valence-electron chi connectivity index (χ3n) is 3.03. The molecule has 0 radical (unpaired) electrons. The molecule has 0 unspecified atom stereocenters. The summed E-state index contributed by atoms with van der Waals surface area (Å²) in [4.78, 5) is 0. The van der Waals surface area contributed by atoms with E-state index >= 15 is 0 Å². The molecule has 0 atom stereocenters. The first-order chi connectivity index (χ1) is 8.76. The first-order valence-corrected chi connectivity index (χ1v) is 5.87. The van der Waals surface area contributed by atoms with Gasteiger partial charge < -0.3 is 14.2 Å². The zero-order valence-electron chi connectivity index (χ0n) is 10.1. The highest BCUT2D eigenvalue weighted by molar-refractivity contribution is 5.80. The molecule has 0 spiro atoms. The van der Waals surface area contributed by atoms with Crippen molar-refractivity contribution in [3.63, 3.8) is 0 Å². The van der Waals surface area contributed by atoms with Crippen molar-refractivity contribution in [2.75, 3.05) is 0 Å². The van der Waals surface area contributed by atoms with E-state index in [1.54, 1.807) is 0 Å². The molecule has 3 aromatic rings. The SMILES string of the molecule is Cc1cc(Cn2ccc3ccc(CO)cc32)no1. The molecule has 0 aliphatic rings. The Kier molecular flexibility index (Phi) is 2.64. The fourth-order valence-corrected chi connectivity index (χ4v) is 2.13. The molecule has 18 heavy (non-hydrogen) atoms. The van der Waals surface area contributed by atoms with Crippen molar-refractivity contribution in [3.8, 4) is 0 Å². The second kappa shape index (κ2) is 4.31. The van der Waals surface area contributed by atoms with Gasteiger partial charge >= 0.3 is 0 Å². The van der Waals surface area contributed by atoms with Gasteiger partial charge in [-0.25, -0.2) is 0 Å². The van der Waals surface area contributed by atoms with Crippen molar-refractivity contribution in [2.24, 2.45) is 0 Å². The fourth-order valence-electron chi connectivity index (χ4n) is 2.13. The molecule has 2 heterocycles. The van der Waals surface area contributed by atoms with Gasteiger partial charge in [-0.3, -0.25) is 0 Å². The normalized spacial score (nSPS) is 11.2. The average Bonchev–Trinajstić information content (AvgIpc) is 2.96. The number of aryl methyl sites for hydroxylation is 1. The van der Waals surface area contributed by atoms with Gasteiger partial charge in [0.2, 0.25) is 0 Å². The Hall–Kier alpha value is -2.07. The third kappa shape index (κ3) is 1.91. The minimum Gasteiger partial charge on any atom is -0.392 e. The molecule has 2 aromatic heterocycles. The number of aliphatic hydroxyl groups excluding tert-OH is 1. The summed E-state index contributed by atoms with van der Waals surface area (Å²) >= 11 is 0. The highest BCUT2D eigenvalue weighted by Gasteiger charge is 2.05. The summed E-state index contributed by atoms with van der Waals surface area (Å²) in [6, 6.07) is 9.95. The van der Waals surface area contributed by atoms with Crippen molar-refractivity contribution < 1.29 is 9.63 Å². The summed E-state index contributed by atoms with van der Waals surface area (Å²) in [5, 5.41) is 14.3. The quantitative estimate of drug-likeness (QED) is 0.767. The topological polar surface area (TPSA) is 51.2 Å². The Labute approximate surface area is 104 Å². The number of benzene rings is 1. The number of aromatic nitrogens is 2. The maximum absolute atomic E-state index is 9.18. The average molecular weight is 242 g/mol. The predicted molar refractivity (Wildman–Crippen MR) is 68.2 cm³/mol. The lowest BCUT2D eigenvalue weighted by molar-refractivity contribution is 0.282. The number of fused-ring (bicyclic) bond motifs is 1. The van der Waals surface area contributed by atoms with E-state index in [1.165, 1.54) is 0 Å². The van der Waals surface area contributed by atoms with Gasteiger partial charge in [-0.2, -0.15) is 0 Å². The van der Waals surface area contributed by atoms with Gasteiger partial charge in [-0.15, -0.1) is 0 Å². The molecular formula is C14H14N2O2. The Morgan fingerprint density at radius 2 is 2.17 bits per heavy atom. The van der Waals surface area contributed by atoms with Crippen LogP contribution in [0.2, 0.25) is 0 Å². The number of hydrogen-bond acceptors (Lipinski definition) is 3. The maximum atomic E-state index is 9.18. The van der Waals surface area contributed by atoms with Crippen LogP contribution >= 0.6 is 0 Å². The smallest absolute Gasteiger partial charge is 0.133 e. The summed E-state index contributed by atoms with van der Waals surface area (Å²) in [6.07, 6.45) is 2.02. The summed E-state index contributed by atoms with van der Waals surface area (Å²) in [7, 11) is 0. The van der Waals surface area contributed by atoms with E-state index in [1.807, 2.05) is 37.4 Å². The molecule has 4 heteroatoms. The van der Waals surface area contributed by atoms with Crippen molar-refractivity contribution in [1.29, 1.82) is 0 Å². The van der Waals surface area contributed by atoms with E-state index in [-0.39, 0.29) is 6.61 Å². The summed E-state index contributed by atoms with van der Waals surface area (Å²) in [5.74, 6) is 0.817. The van der Waals surface area contributed by atoms with E-state index in [0.29, 0.717) is 6.54 Å². The first-order valence-electron chi connectivity index (χ1n) is 5.87. The van der Waals surface area contributed by atoms with E-state index < -0.39 is 0 Å². The zero-order valence-corrected chi connectivity index (χ0v) is 10.1. The molecule has 0 saturated carbocycles. The monoisotopic (exact) mass is 242 g/mol. The molecule has 92 valence electrons. The molecule has 1 aromatic carbocycles. The highest BCUT2D eigenvalue weighted by Crippen LogP contribution is 2.19. The second-order valence-electron chi connectivity index (χ2n) is 4.42. The predicted octanol–water partition coefficient (Wildman–Crippen LogP) is 2.48. The summed E-state index contributed by atoms with van der Waals surface area (Å²) < 4.78 is 7.17. The van der Waals surface area contributed by atoms with Gasteiger partial charge in [0.25, 0.3) is 0 Å². The summed E-state index contributed by atoms with van der Waals surface area (Å²) in [5.41, 5.74) is 2.92. The standard InChI is InChI=1S/C14H14N2O2/c1-10-6-13(15-18-10)8-16-5-4-12-3-2-11(9-17)7-14(12)16/h2-7,17H,8-9H2,1H3. The molecule has 0 aliphatic heterocycles. The van der Waals surface area contributed by atoms with Crippen LogP contribution in [0.25, 0.3) is 10.9 Å². The van der Waals surface area contributed by atoms with E-state index in [9.17, 15) is 5.11 Å². The molecule has 4 nitrogen and oxygen atoms in total. The van der Waals surface area contributed by atoms with Crippen molar-refractivity contribution in [1.82, 2.24) is 9.72 Å². The maximum Gasteiger partial charge on any atom is 0.133 e. The van der Waals surface area contributed by atoms with Crippen molar-refractivity contribution in [3.05, 3.63) is 53.5 Å². The third-order valence-corrected chi connectivity index (χ3v) is 3.03. The highest BCUT2D eigenvalue weighted by atomic mass is 16.5. The number of hydrogen-bond donors (Lipinski definition) is 1. The van der Waals surface area contributed by atoms with Crippen LogP contribution < -0.4 is 0 Å². The molecule has 1 N–H and O–H groups in total. The molecule has 0 saturated heterocycles. The van der Waals surface area contributed by atoms with Crippen LogP contribution in [0.4, 0.5) is 0 Å². The van der Waals surface area contributed by atoms with E-state index in [0.717, 1.165) is 27.9 Å². The van der Waals surface area contributed by atoms with Crippen LogP contribution in [0.1, 0.15) is 17.0 Å². The largest absolute Gasteiger partial charge is 0.392 e. The Morgan fingerprint density at radius 1 is 1.28 bits per heavy atom. The number of rotatable bonds is 3. The van der Waals surface area contributed by atoms with Gasteiger partial charge in [0.05, 0.1) is 13.2 Å². The lowest BCUT2D eigenvalue weighted by Gasteiger charge is -2.03. The van der Waals surface area contributed by atoms with Gasteiger partial charge in [0.15, 0.2) is 0 Å². The van der Waals surface area contributed by atoms with Crippen LogP contribution in [0, 0.1) is 6.92 Å². The van der Waals surface area contributed by atoms with Crippen LogP contribution in [0.5, 0.6) is 0 Å². The molecule has 0 bridgehead atoms. The van der Waals surface area contributed by atoms with Crippen molar-refractivity contribution >= 4 is 10.9 Å². The van der Waals surface area contributed by atoms with Gasteiger partial charge in [0.1, 0.15) is 11.5 Å². The fraction of sp³-hybridized carbons (Fsp3) is 0.214.